The summed E-state index contributed by atoms with van der Waals surface area (Å²) in [4.78, 5) is 28.0. The van der Waals surface area contributed by atoms with Crippen LogP contribution in [0.5, 0.6) is 0 Å². The van der Waals surface area contributed by atoms with Gasteiger partial charge in [-0.2, -0.15) is 0 Å². The second kappa shape index (κ2) is 9.78. The second-order valence-electron chi connectivity index (χ2n) is 8.35. The molecule has 160 valence electrons. The predicted molar refractivity (Wildman–Crippen MR) is 125 cm³/mol. The van der Waals surface area contributed by atoms with E-state index in [-0.39, 0.29) is 23.8 Å². The number of carbonyl (C=O) groups excluding carboxylic acids is 2. The lowest BCUT2D eigenvalue weighted by molar-refractivity contribution is -0.127. The summed E-state index contributed by atoms with van der Waals surface area (Å²) in [5.41, 5.74) is 1.90. The van der Waals surface area contributed by atoms with E-state index in [0.717, 1.165) is 34.7 Å². The smallest absolute Gasteiger partial charge is 0.254 e. The molecule has 4 nitrogen and oxygen atoms in total. The van der Waals surface area contributed by atoms with Crippen molar-refractivity contribution in [3.8, 4) is 0 Å². The number of nitrogens with one attached hydrogen (secondary N) is 1. The molecule has 1 saturated heterocycles. The van der Waals surface area contributed by atoms with Crippen molar-refractivity contribution >= 4 is 22.6 Å². The molecule has 1 fully saturated rings. The summed E-state index contributed by atoms with van der Waals surface area (Å²) in [6.07, 6.45) is 3.35. The Morgan fingerprint density at radius 2 is 1.61 bits per heavy atom. The topological polar surface area (TPSA) is 49.4 Å². The molecule has 0 radical (unpaired) electrons. The fraction of sp³-hybridized carbons (Fsp3) is 0.333. The third-order valence-corrected chi connectivity index (χ3v) is 6.27. The van der Waals surface area contributed by atoms with Crippen molar-refractivity contribution in [1.82, 2.24) is 10.2 Å². The summed E-state index contributed by atoms with van der Waals surface area (Å²) >= 11 is 0. The standard InChI is InChI=1S/C27H30N2O2/c1-2-9-25(21-11-4-3-5-12-21)28-26(30)22-16-18-29(19-17-22)27(31)24-15-8-13-20-10-6-7-14-23(20)24/h3-8,10-15,22,25H,2,9,16-19H2,1H3,(H,28,30). The van der Waals surface area contributed by atoms with Crippen LogP contribution in [0.25, 0.3) is 10.8 Å². The monoisotopic (exact) mass is 414 g/mol. The number of hydrogen-bond donors (Lipinski definition) is 1. The van der Waals surface area contributed by atoms with Gasteiger partial charge in [-0.05, 0) is 41.7 Å². The molecule has 1 unspecified atom stereocenters. The zero-order valence-electron chi connectivity index (χ0n) is 18.1. The highest BCUT2D eigenvalue weighted by Gasteiger charge is 2.29. The SMILES string of the molecule is CCCC(NC(=O)C1CCN(C(=O)c2cccc3ccccc23)CC1)c1ccccc1. The largest absolute Gasteiger partial charge is 0.349 e. The van der Waals surface area contributed by atoms with E-state index < -0.39 is 0 Å². The molecular formula is C27H30N2O2. The van der Waals surface area contributed by atoms with Gasteiger partial charge in [0.15, 0.2) is 0 Å². The lowest BCUT2D eigenvalue weighted by Crippen LogP contribution is -2.43. The Hall–Kier alpha value is -3.14. The van der Waals surface area contributed by atoms with Crippen molar-refractivity contribution in [3.63, 3.8) is 0 Å². The number of carbonyl (C=O) groups is 2. The van der Waals surface area contributed by atoms with E-state index in [2.05, 4.69) is 24.4 Å². The number of likely N-dealkylation sites (tertiary alicyclic amines) is 1. The number of amides is 2. The normalized spacial score (nSPS) is 15.6. The van der Waals surface area contributed by atoms with Gasteiger partial charge in [-0.25, -0.2) is 0 Å². The first-order valence-electron chi connectivity index (χ1n) is 11.3. The Morgan fingerprint density at radius 3 is 2.35 bits per heavy atom. The maximum absolute atomic E-state index is 13.2. The van der Waals surface area contributed by atoms with Crippen molar-refractivity contribution in [2.24, 2.45) is 5.92 Å². The van der Waals surface area contributed by atoms with E-state index in [1.165, 1.54) is 0 Å². The van der Waals surface area contributed by atoms with Crippen molar-refractivity contribution in [2.75, 3.05) is 13.1 Å². The van der Waals surface area contributed by atoms with Crippen LogP contribution in [0.2, 0.25) is 0 Å². The van der Waals surface area contributed by atoms with Crippen molar-refractivity contribution in [3.05, 3.63) is 83.9 Å². The Kier molecular flexibility index (Phi) is 6.66. The first-order valence-corrected chi connectivity index (χ1v) is 11.3. The fourth-order valence-corrected chi connectivity index (χ4v) is 4.51. The number of nitrogens with zero attached hydrogens (tertiary/aromatic N) is 1. The molecule has 1 atom stereocenters. The van der Waals surface area contributed by atoms with Crippen LogP contribution in [0, 0.1) is 5.92 Å². The highest BCUT2D eigenvalue weighted by atomic mass is 16.2. The number of hydrogen-bond acceptors (Lipinski definition) is 2. The molecule has 2 amide bonds. The maximum atomic E-state index is 13.2. The molecule has 1 N–H and O–H groups in total. The molecule has 0 saturated carbocycles. The van der Waals surface area contributed by atoms with Crippen LogP contribution in [-0.2, 0) is 4.79 Å². The minimum Gasteiger partial charge on any atom is -0.349 e. The maximum Gasteiger partial charge on any atom is 0.254 e. The first kappa shape index (κ1) is 21.1. The fourth-order valence-electron chi connectivity index (χ4n) is 4.51. The average molecular weight is 415 g/mol. The van der Waals surface area contributed by atoms with Gasteiger partial charge in [0.25, 0.3) is 5.91 Å². The second-order valence-corrected chi connectivity index (χ2v) is 8.35. The van der Waals surface area contributed by atoms with E-state index in [1.807, 2.05) is 65.6 Å². The van der Waals surface area contributed by atoms with Crippen LogP contribution in [0.4, 0.5) is 0 Å². The van der Waals surface area contributed by atoms with E-state index >= 15 is 0 Å². The van der Waals surface area contributed by atoms with Crippen LogP contribution in [0.15, 0.2) is 72.8 Å². The predicted octanol–water partition coefficient (Wildman–Crippen LogP) is 5.35. The van der Waals surface area contributed by atoms with Crippen LogP contribution in [-0.4, -0.2) is 29.8 Å². The molecule has 0 aliphatic carbocycles. The van der Waals surface area contributed by atoms with Crippen molar-refractivity contribution in [2.45, 2.75) is 38.6 Å². The zero-order valence-corrected chi connectivity index (χ0v) is 18.1. The summed E-state index contributed by atoms with van der Waals surface area (Å²) in [6, 6.07) is 24.1. The van der Waals surface area contributed by atoms with E-state index in [0.29, 0.717) is 25.9 Å². The molecule has 3 aromatic carbocycles. The van der Waals surface area contributed by atoms with E-state index in [9.17, 15) is 9.59 Å². The average Bonchev–Trinajstić information content (AvgIpc) is 2.83. The molecule has 0 aromatic heterocycles. The highest BCUT2D eigenvalue weighted by Crippen LogP contribution is 2.25. The number of fused-ring (bicyclic) bond motifs is 1. The summed E-state index contributed by atoms with van der Waals surface area (Å²) in [5, 5.41) is 5.32. The lowest BCUT2D eigenvalue weighted by atomic mass is 9.93. The highest BCUT2D eigenvalue weighted by molar-refractivity contribution is 6.07. The van der Waals surface area contributed by atoms with Crippen LogP contribution in [0.3, 0.4) is 0 Å². The van der Waals surface area contributed by atoms with Crippen LogP contribution >= 0.6 is 0 Å². The first-order chi connectivity index (χ1) is 15.2. The summed E-state index contributed by atoms with van der Waals surface area (Å²) < 4.78 is 0. The molecule has 3 aromatic rings. The van der Waals surface area contributed by atoms with Crippen molar-refractivity contribution in [1.29, 1.82) is 0 Å². The quantitative estimate of drug-likeness (QED) is 0.591. The molecule has 31 heavy (non-hydrogen) atoms. The van der Waals surface area contributed by atoms with Gasteiger partial charge < -0.3 is 10.2 Å². The number of benzene rings is 3. The Bertz CT molecular complexity index is 1030. The Balaban J connectivity index is 1.38. The van der Waals surface area contributed by atoms with Gasteiger partial charge in [-0.3, -0.25) is 9.59 Å². The van der Waals surface area contributed by atoms with E-state index in [4.69, 9.17) is 0 Å². The van der Waals surface area contributed by atoms with Crippen molar-refractivity contribution < 1.29 is 9.59 Å². The molecule has 1 aliphatic heterocycles. The third kappa shape index (κ3) is 4.79. The zero-order chi connectivity index (χ0) is 21.6. The Morgan fingerprint density at radius 1 is 0.935 bits per heavy atom. The van der Waals surface area contributed by atoms with Crippen LogP contribution < -0.4 is 5.32 Å². The van der Waals surface area contributed by atoms with Gasteiger partial charge in [-0.15, -0.1) is 0 Å². The number of piperidine rings is 1. The molecule has 0 bridgehead atoms. The summed E-state index contributed by atoms with van der Waals surface area (Å²) in [7, 11) is 0. The van der Waals surface area contributed by atoms with Gasteiger partial charge in [0.05, 0.1) is 6.04 Å². The molecular weight excluding hydrogens is 384 g/mol. The van der Waals surface area contributed by atoms with Gasteiger partial charge in [0.1, 0.15) is 0 Å². The molecule has 1 heterocycles. The minimum absolute atomic E-state index is 0.0420. The molecule has 1 aliphatic rings. The minimum atomic E-state index is -0.0420. The molecule has 4 rings (SSSR count). The van der Waals surface area contributed by atoms with Gasteiger partial charge in [0, 0.05) is 24.6 Å². The summed E-state index contributed by atoms with van der Waals surface area (Å²) in [6.45, 7) is 3.37. The van der Waals surface area contributed by atoms with E-state index in [1.54, 1.807) is 0 Å². The summed E-state index contributed by atoms with van der Waals surface area (Å²) in [5.74, 6) is 0.128. The Labute approximate surface area is 184 Å². The molecule has 4 heteroatoms. The number of rotatable bonds is 6. The van der Waals surface area contributed by atoms with Gasteiger partial charge in [0.2, 0.25) is 5.91 Å². The molecule has 0 spiro atoms. The van der Waals surface area contributed by atoms with Gasteiger partial charge in [-0.1, -0.05) is 80.1 Å². The lowest BCUT2D eigenvalue weighted by Gasteiger charge is -2.32. The van der Waals surface area contributed by atoms with Crippen LogP contribution in [0.1, 0.15) is 54.6 Å². The van der Waals surface area contributed by atoms with Gasteiger partial charge >= 0.3 is 0 Å². The third-order valence-electron chi connectivity index (χ3n) is 6.27.